The van der Waals surface area contributed by atoms with Crippen LogP contribution >= 0.6 is 0 Å². The van der Waals surface area contributed by atoms with E-state index in [0.717, 1.165) is 17.5 Å². The maximum absolute atomic E-state index is 12.8. The molecular formula is C14H18FN3. The Labute approximate surface area is 106 Å². The highest BCUT2D eigenvalue weighted by Gasteiger charge is 2.39. The van der Waals surface area contributed by atoms with E-state index in [-0.39, 0.29) is 5.82 Å². The third-order valence-corrected chi connectivity index (χ3v) is 4.12. The number of rotatable bonds is 2. The molecule has 3 unspecified atom stereocenters. The Morgan fingerprint density at radius 1 is 1.22 bits per heavy atom. The van der Waals surface area contributed by atoms with Crippen molar-refractivity contribution in [3.8, 4) is 0 Å². The highest BCUT2D eigenvalue weighted by atomic mass is 19.1. The van der Waals surface area contributed by atoms with Crippen LogP contribution in [0.4, 0.5) is 10.1 Å². The summed E-state index contributed by atoms with van der Waals surface area (Å²) in [5, 5.41) is 3.02. The van der Waals surface area contributed by atoms with Gasteiger partial charge < -0.3 is 11.1 Å². The molecule has 2 fully saturated rings. The zero-order valence-corrected chi connectivity index (χ0v) is 10.3. The first-order chi connectivity index (χ1) is 8.70. The molecule has 3 atom stereocenters. The van der Waals surface area contributed by atoms with Gasteiger partial charge in [-0.3, -0.25) is 0 Å². The SMILES string of the molecule is NC(=NC1CC2CCC1C2)Nc1ccc(F)cc1. The summed E-state index contributed by atoms with van der Waals surface area (Å²) in [4.78, 5) is 4.57. The summed E-state index contributed by atoms with van der Waals surface area (Å²) in [5.74, 6) is 1.79. The van der Waals surface area contributed by atoms with Gasteiger partial charge in [0.05, 0.1) is 6.04 Å². The molecular weight excluding hydrogens is 229 g/mol. The van der Waals surface area contributed by atoms with Crippen molar-refractivity contribution < 1.29 is 4.39 Å². The maximum atomic E-state index is 12.8. The lowest BCUT2D eigenvalue weighted by Gasteiger charge is -2.18. The van der Waals surface area contributed by atoms with Crippen molar-refractivity contribution in [1.29, 1.82) is 0 Å². The van der Waals surface area contributed by atoms with Crippen molar-refractivity contribution in [1.82, 2.24) is 0 Å². The summed E-state index contributed by atoms with van der Waals surface area (Å²) in [7, 11) is 0. The largest absolute Gasteiger partial charge is 0.370 e. The summed E-state index contributed by atoms with van der Waals surface area (Å²) in [6.07, 6.45) is 5.15. The summed E-state index contributed by atoms with van der Waals surface area (Å²) in [5.41, 5.74) is 6.68. The highest BCUT2D eigenvalue weighted by molar-refractivity contribution is 5.92. The van der Waals surface area contributed by atoms with Crippen LogP contribution < -0.4 is 11.1 Å². The number of anilines is 1. The van der Waals surface area contributed by atoms with Crippen molar-refractivity contribution in [2.75, 3.05) is 5.32 Å². The molecule has 1 aromatic rings. The number of guanidine groups is 1. The van der Waals surface area contributed by atoms with E-state index in [1.165, 1.54) is 37.8 Å². The van der Waals surface area contributed by atoms with Crippen LogP contribution in [0, 0.1) is 17.7 Å². The predicted octanol–water partition coefficient (Wildman–Crippen LogP) is 2.74. The number of hydrogen-bond donors (Lipinski definition) is 2. The fraction of sp³-hybridized carbons (Fsp3) is 0.500. The average molecular weight is 247 g/mol. The number of halogens is 1. The van der Waals surface area contributed by atoms with E-state index in [1.807, 2.05) is 0 Å². The molecule has 0 spiro atoms. The Kier molecular flexibility index (Phi) is 2.94. The molecule has 4 heteroatoms. The number of fused-ring (bicyclic) bond motifs is 2. The van der Waals surface area contributed by atoms with Crippen LogP contribution in [0.3, 0.4) is 0 Å². The van der Waals surface area contributed by atoms with E-state index < -0.39 is 0 Å². The van der Waals surface area contributed by atoms with Crippen LogP contribution in [0.25, 0.3) is 0 Å². The molecule has 2 aliphatic carbocycles. The molecule has 96 valence electrons. The average Bonchev–Trinajstić information content (AvgIpc) is 2.94. The summed E-state index contributed by atoms with van der Waals surface area (Å²) in [6, 6.07) is 6.54. The number of hydrogen-bond acceptors (Lipinski definition) is 1. The lowest BCUT2D eigenvalue weighted by molar-refractivity contribution is 0.420. The van der Waals surface area contributed by atoms with Crippen LogP contribution in [-0.2, 0) is 0 Å². The lowest BCUT2D eigenvalue weighted by atomic mass is 9.96. The van der Waals surface area contributed by atoms with E-state index in [4.69, 9.17) is 5.73 Å². The molecule has 1 aromatic carbocycles. The fourth-order valence-electron chi connectivity index (χ4n) is 3.26. The fourth-order valence-corrected chi connectivity index (χ4v) is 3.26. The monoisotopic (exact) mass is 247 g/mol. The second kappa shape index (κ2) is 4.59. The molecule has 3 N–H and O–H groups in total. The van der Waals surface area contributed by atoms with Gasteiger partial charge in [0.2, 0.25) is 0 Å². The van der Waals surface area contributed by atoms with Crippen LogP contribution in [0.15, 0.2) is 29.3 Å². The highest BCUT2D eigenvalue weighted by Crippen LogP contribution is 2.45. The van der Waals surface area contributed by atoms with Gasteiger partial charge in [-0.1, -0.05) is 6.42 Å². The molecule has 0 aliphatic heterocycles. The van der Waals surface area contributed by atoms with Crippen molar-refractivity contribution >= 4 is 11.6 Å². The van der Waals surface area contributed by atoms with Crippen molar-refractivity contribution in [3.05, 3.63) is 30.1 Å². The first-order valence-corrected chi connectivity index (χ1v) is 6.56. The smallest absolute Gasteiger partial charge is 0.193 e. The van der Waals surface area contributed by atoms with Gasteiger partial charge in [-0.25, -0.2) is 9.38 Å². The molecule has 2 bridgehead atoms. The second-order valence-corrected chi connectivity index (χ2v) is 5.39. The Morgan fingerprint density at radius 2 is 2.00 bits per heavy atom. The Hall–Kier alpha value is -1.58. The predicted molar refractivity (Wildman–Crippen MR) is 70.9 cm³/mol. The third kappa shape index (κ3) is 2.33. The molecule has 0 heterocycles. The minimum absolute atomic E-state index is 0.246. The summed E-state index contributed by atoms with van der Waals surface area (Å²) >= 11 is 0. The molecule has 3 nitrogen and oxygen atoms in total. The number of nitrogens with two attached hydrogens (primary N) is 1. The van der Waals surface area contributed by atoms with Gasteiger partial charge in [-0.05, 0) is 55.4 Å². The number of benzene rings is 1. The molecule has 0 amide bonds. The van der Waals surface area contributed by atoms with Gasteiger partial charge in [0.15, 0.2) is 5.96 Å². The standard InChI is InChI=1S/C14H18FN3/c15-11-3-5-12(6-4-11)17-14(16)18-13-8-9-1-2-10(13)7-9/h3-6,9-10,13H,1-2,7-8H2,(H3,16,17,18). The minimum Gasteiger partial charge on any atom is -0.370 e. The summed E-state index contributed by atoms with van der Waals surface area (Å²) in [6.45, 7) is 0. The van der Waals surface area contributed by atoms with E-state index in [0.29, 0.717) is 12.0 Å². The topological polar surface area (TPSA) is 50.4 Å². The molecule has 2 saturated carbocycles. The van der Waals surface area contributed by atoms with Gasteiger partial charge in [0, 0.05) is 5.69 Å². The lowest BCUT2D eigenvalue weighted by Crippen LogP contribution is -2.27. The zero-order valence-electron chi connectivity index (χ0n) is 10.3. The Balaban J connectivity index is 1.64. The van der Waals surface area contributed by atoms with Crippen molar-refractivity contribution in [2.24, 2.45) is 22.6 Å². The van der Waals surface area contributed by atoms with Gasteiger partial charge in [-0.2, -0.15) is 0 Å². The van der Waals surface area contributed by atoms with Crippen LogP contribution in [0.5, 0.6) is 0 Å². The number of aliphatic imine (C=N–C) groups is 1. The van der Waals surface area contributed by atoms with Crippen LogP contribution in [0.2, 0.25) is 0 Å². The van der Waals surface area contributed by atoms with Gasteiger partial charge in [-0.15, -0.1) is 0 Å². The normalized spacial score (nSPS) is 30.7. The van der Waals surface area contributed by atoms with Gasteiger partial charge >= 0.3 is 0 Å². The van der Waals surface area contributed by atoms with Crippen LogP contribution in [0.1, 0.15) is 25.7 Å². The van der Waals surface area contributed by atoms with Gasteiger partial charge in [0.1, 0.15) is 5.82 Å². The van der Waals surface area contributed by atoms with E-state index in [1.54, 1.807) is 12.1 Å². The molecule has 0 saturated heterocycles. The molecule has 0 aromatic heterocycles. The quantitative estimate of drug-likeness (QED) is 0.623. The number of nitrogens with zero attached hydrogens (tertiary/aromatic N) is 1. The molecule has 2 aliphatic rings. The maximum Gasteiger partial charge on any atom is 0.193 e. The van der Waals surface area contributed by atoms with E-state index in [2.05, 4.69) is 10.3 Å². The first kappa shape index (κ1) is 11.5. The molecule has 18 heavy (non-hydrogen) atoms. The third-order valence-electron chi connectivity index (χ3n) is 4.12. The Morgan fingerprint density at radius 3 is 2.61 bits per heavy atom. The van der Waals surface area contributed by atoms with E-state index >= 15 is 0 Å². The van der Waals surface area contributed by atoms with Crippen LogP contribution in [-0.4, -0.2) is 12.0 Å². The van der Waals surface area contributed by atoms with Crippen molar-refractivity contribution in [2.45, 2.75) is 31.7 Å². The van der Waals surface area contributed by atoms with E-state index in [9.17, 15) is 4.39 Å². The minimum atomic E-state index is -0.246. The first-order valence-electron chi connectivity index (χ1n) is 6.56. The second-order valence-electron chi connectivity index (χ2n) is 5.39. The van der Waals surface area contributed by atoms with Crippen molar-refractivity contribution in [3.63, 3.8) is 0 Å². The Bertz CT molecular complexity index is 455. The van der Waals surface area contributed by atoms with Gasteiger partial charge in [0.25, 0.3) is 0 Å². The molecule has 3 rings (SSSR count). The molecule has 0 radical (unpaired) electrons. The number of nitrogens with one attached hydrogen (secondary N) is 1. The summed E-state index contributed by atoms with van der Waals surface area (Å²) < 4.78 is 12.8. The zero-order chi connectivity index (χ0) is 12.5.